The Balaban J connectivity index is 1.91. The van der Waals surface area contributed by atoms with E-state index < -0.39 is 0 Å². The first kappa shape index (κ1) is 15.6. The first-order valence-electron chi connectivity index (χ1n) is 7.43. The minimum atomic E-state index is -0.0369. The summed E-state index contributed by atoms with van der Waals surface area (Å²) < 4.78 is 5.45. The second kappa shape index (κ2) is 7.27. The standard InChI is InChI=1S/C17H24N2O2/c1-4-11-21-15-7-5-14(6-8-15)12-19(3)17(20)16-13(2)9-10-18-16/h4-8,13,16,18H,1,9-12H2,2-3H3. The summed E-state index contributed by atoms with van der Waals surface area (Å²) >= 11 is 0. The van der Waals surface area contributed by atoms with Gasteiger partial charge in [-0.2, -0.15) is 0 Å². The molecule has 2 unspecified atom stereocenters. The number of hydrogen-bond acceptors (Lipinski definition) is 3. The van der Waals surface area contributed by atoms with Gasteiger partial charge >= 0.3 is 0 Å². The van der Waals surface area contributed by atoms with E-state index in [1.54, 1.807) is 11.0 Å². The van der Waals surface area contributed by atoms with Gasteiger partial charge < -0.3 is 15.0 Å². The lowest BCUT2D eigenvalue weighted by atomic mass is 10.0. The van der Waals surface area contributed by atoms with E-state index in [9.17, 15) is 4.79 Å². The Labute approximate surface area is 126 Å². The maximum atomic E-state index is 12.4. The third-order valence-electron chi connectivity index (χ3n) is 3.89. The van der Waals surface area contributed by atoms with E-state index >= 15 is 0 Å². The maximum absolute atomic E-state index is 12.4. The summed E-state index contributed by atoms with van der Waals surface area (Å²) in [6.07, 6.45) is 2.79. The molecule has 0 saturated carbocycles. The Morgan fingerprint density at radius 3 is 2.76 bits per heavy atom. The maximum Gasteiger partial charge on any atom is 0.240 e. The van der Waals surface area contributed by atoms with E-state index in [2.05, 4.69) is 18.8 Å². The molecule has 1 N–H and O–H groups in total. The summed E-state index contributed by atoms with van der Waals surface area (Å²) in [7, 11) is 1.86. The normalized spacial score (nSPS) is 21.0. The van der Waals surface area contributed by atoms with Gasteiger partial charge in [0.2, 0.25) is 5.91 Å². The molecule has 0 aliphatic carbocycles. The van der Waals surface area contributed by atoms with Crippen LogP contribution in [-0.4, -0.2) is 37.0 Å². The molecule has 2 rings (SSSR count). The molecule has 1 heterocycles. The van der Waals surface area contributed by atoms with Crippen LogP contribution in [0.25, 0.3) is 0 Å². The van der Waals surface area contributed by atoms with Crippen molar-refractivity contribution in [3.8, 4) is 5.75 Å². The Morgan fingerprint density at radius 2 is 2.19 bits per heavy atom. The summed E-state index contributed by atoms with van der Waals surface area (Å²) in [5, 5.41) is 3.28. The Morgan fingerprint density at radius 1 is 1.48 bits per heavy atom. The molecule has 1 aromatic carbocycles. The molecule has 21 heavy (non-hydrogen) atoms. The number of carbonyl (C=O) groups excluding carboxylic acids is 1. The van der Waals surface area contributed by atoms with Crippen LogP contribution in [0.5, 0.6) is 5.75 Å². The van der Waals surface area contributed by atoms with E-state index in [-0.39, 0.29) is 11.9 Å². The van der Waals surface area contributed by atoms with E-state index in [0.717, 1.165) is 24.3 Å². The van der Waals surface area contributed by atoms with Crippen molar-refractivity contribution in [1.82, 2.24) is 10.2 Å². The van der Waals surface area contributed by atoms with Crippen molar-refractivity contribution in [2.24, 2.45) is 5.92 Å². The van der Waals surface area contributed by atoms with E-state index in [4.69, 9.17) is 4.74 Å². The molecule has 4 heteroatoms. The van der Waals surface area contributed by atoms with Crippen molar-refractivity contribution in [3.63, 3.8) is 0 Å². The number of rotatable bonds is 6. The summed E-state index contributed by atoms with van der Waals surface area (Å²) in [5.74, 6) is 1.40. The minimum absolute atomic E-state index is 0.0369. The van der Waals surface area contributed by atoms with Crippen LogP contribution in [0.1, 0.15) is 18.9 Å². The van der Waals surface area contributed by atoms with Gasteiger partial charge in [-0.1, -0.05) is 31.7 Å². The van der Waals surface area contributed by atoms with Gasteiger partial charge in [0, 0.05) is 13.6 Å². The number of hydrogen-bond donors (Lipinski definition) is 1. The lowest BCUT2D eigenvalue weighted by molar-refractivity contribution is -0.133. The van der Waals surface area contributed by atoms with Crippen LogP contribution in [0.3, 0.4) is 0 Å². The summed E-state index contributed by atoms with van der Waals surface area (Å²) in [4.78, 5) is 14.2. The van der Waals surface area contributed by atoms with Crippen LogP contribution >= 0.6 is 0 Å². The third kappa shape index (κ3) is 4.08. The third-order valence-corrected chi connectivity index (χ3v) is 3.89. The number of ether oxygens (including phenoxy) is 1. The molecule has 1 aromatic rings. The van der Waals surface area contributed by atoms with Crippen LogP contribution < -0.4 is 10.1 Å². The Bertz CT molecular complexity index is 484. The first-order valence-corrected chi connectivity index (χ1v) is 7.43. The molecule has 4 nitrogen and oxygen atoms in total. The average molecular weight is 288 g/mol. The zero-order valence-corrected chi connectivity index (χ0v) is 12.8. The highest BCUT2D eigenvalue weighted by Gasteiger charge is 2.31. The second-order valence-electron chi connectivity index (χ2n) is 5.64. The van der Waals surface area contributed by atoms with Gasteiger partial charge in [0.05, 0.1) is 6.04 Å². The lowest BCUT2D eigenvalue weighted by Crippen LogP contribution is -2.43. The largest absolute Gasteiger partial charge is 0.490 e. The highest BCUT2D eigenvalue weighted by atomic mass is 16.5. The van der Waals surface area contributed by atoms with Crippen molar-refractivity contribution in [1.29, 1.82) is 0 Å². The van der Waals surface area contributed by atoms with Gasteiger partial charge in [-0.25, -0.2) is 0 Å². The molecule has 1 aliphatic rings. The smallest absolute Gasteiger partial charge is 0.240 e. The molecule has 114 valence electrons. The van der Waals surface area contributed by atoms with Gasteiger partial charge in [-0.3, -0.25) is 4.79 Å². The molecule has 0 aromatic heterocycles. The van der Waals surface area contributed by atoms with Gasteiger partial charge in [0.15, 0.2) is 0 Å². The van der Waals surface area contributed by atoms with Gasteiger partial charge in [0.1, 0.15) is 12.4 Å². The Kier molecular flexibility index (Phi) is 5.39. The quantitative estimate of drug-likeness (QED) is 0.816. The van der Waals surface area contributed by atoms with Gasteiger partial charge in [-0.15, -0.1) is 0 Å². The molecular weight excluding hydrogens is 264 g/mol. The van der Waals surface area contributed by atoms with E-state index in [1.807, 2.05) is 31.3 Å². The highest BCUT2D eigenvalue weighted by Crippen LogP contribution is 2.18. The molecule has 1 fully saturated rings. The van der Waals surface area contributed by atoms with Crippen LogP contribution in [0.2, 0.25) is 0 Å². The predicted molar refractivity (Wildman–Crippen MR) is 84.2 cm³/mol. The Hall–Kier alpha value is -1.81. The molecular formula is C17H24N2O2. The van der Waals surface area contributed by atoms with Crippen molar-refractivity contribution >= 4 is 5.91 Å². The minimum Gasteiger partial charge on any atom is -0.490 e. The number of likely N-dealkylation sites (N-methyl/N-ethyl adjacent to an activating group) is 1. The van der Waals surface area contributed by atoms with Crippen LogP contribution in [0.4, 0.5) is 0 Å². The molecule has 1 saturated heterocycles. The van der Waals surface area contributed by atoms with E-state index in [1.165, 1.54) is 0 Å². The summed E-state index contributed by atoms with van der Waals surface area (Å²) in [6, 6.07) is 7.80. The van der Waals surface area contributed by atoms with Gasteiger partial charge in [-0.05, 0) is 36.6 Å². The first-order chi connectivity index (χ1) is 10.1. The number of nitrogens with zero attached hydrogens (tertiary/aromatic N) is 1. The number of benzene rings is 1. The fraction of sp³-hybridized carbons (Fsp3) is 0.471. The molecule has 1 amide bonds. The van der Waals surface area contributed by atoms with Gasteiger partial charge in [0.25, 0.3) is 0 Å². The topological polar surface area (TPSA) is 41.6 Å². The van der Waals surface area contributed by atoms with Crippen molar-refractivity contribution in [3.05, 3.63) is 42.5 Å². The van der Waals surface area contributed by atoms with Crippen molar-refractivity contribution in [2.45, 2.75) is 25.9 Å². The van der Waals surface area contributed by atoms with Crippen LogP contribution in [0.15, 0.2) is 36.9 Å². The van der Waals surface area contributed by atoms with E-state index in [0.29, 0.717) is 19.1 Å². The number of carbonyl (C=O) groups is 1. The molecule has 1 aliphatic heterocycles. The molecule has 0 bridgehead atoms. The SMILES string of the molecule is C=CCOc1ccc(CN(C)C(=O)C2NCCC2C)cc1. The zero-order valence-electron chi connectivity index (χ0n) is 12.8. The molecule has 0 spiro atoms. The fourth-order valence-corrected chi connectivity index (χ4v) is 2.60. The van der Waals surface area contributed by atoms with Crippen molar-refractivity contribution in [2.75, 3.05) is 20.2 Å². The van der Waals surface area contributed by atoms with Crippen LogP contribution in [-0.2, 0) is 11.3 Å². The molecule has 0 radical (unpaired) electrons. The van der Waals surface area contributed by atoms with Crippen molar-refractivity contribution < 1.29 is 9.53 Å². The van der Waals surface area contributed by atoms with Crippen LogP contribution in [0, 0.1) is 5.92 Å². The predicted octanol–water partition coefficient (Wildman–Crippen LogP) is 2.21. The second-order valence-corrected chi connectivity index (χ2v) is 5.64. The number of amides is 1. The number of nitrogens with one attached hydrogen (secondary N) is 1. The monoisotopic (exact) mass is 288 g/mol. The summed E-state index contributed by atoms with van der Waals surface area (Å²) in [5.41, 5.74) is 1.10. The summed E-state index contributed by atoms with van der Waals surface area (Å²) in [6.45, 7) is 7.80. The fourth-order valence-electron chi connectivity index (χ4n) is 2.60. The molecule has 2 atom stereocenters. The zero-order chi connectivity index (χ0) is 15.2. The highest BCUT2D eigenvalue weighted by molar-refractivity contribution is 5.82. The average Bonchev–Trinajstić information content (AvgIpc) is 2.92. The lowest BCUT2D eigenvalue weighted by Gasteiger charge is -2.23.